The number of carboxylic acids is 1. The maximum Gasteiger partial charge on any atom is 0.307 e. The van der Waals surface area contributed by atoms with Gasteiger partial charge in [-0.05, 0) is 48.4 Å². The Hall–Kier alpha value is -2.09. The number of benzene rings is 2. The van der Waals surface area contributed by atoms with E-state index in [1.165, 1.54) is 10.4 Å². The van der Waals surface area contributed by atoms with Crippen LogP contribution in [0.3, 0.4) is 0 Å². The Kier molecular flexibility index (Phi) is 5.74. The summed E-state index contributed by atoms with van der Waals surface area (Å²) < 4.78 is 27.6. The van der Waals surface area contributed by atoms with Crippen molar-refractivity contribution in [1.29, 1.82) is 0 Å². The normalized spacial score (nSPS) is 15.7. The van der Waals surface area contributed by atoms with Crippen LogP contribution >= 0.6 is 11.6 Å². The highest BCUT2D eigenvalue weighted by Crippen LogP contribution is 2.25. The summed E-state index contributed by atoms with van der Waals surface area (Å²) >= 11 is 5.92. The third-order valence-electron chi connectivity index (χ3n) is 4.66. The van der Waals surface area contributed by atoms with Crippen molar-refractivity contribution in [3.63, 3.8) is 0 Å². The van der Waals surface area contributed by atoms with Crippen molar-refractivity contribution in [2.24, 2.45) is 0 Å². The monoisotopic (exact) mass is 408 g/mol. The fourth-order valence-electron chi connectivity index (χ4n) is 3.18. The molecular formula is C19H21ClN2O4S. The van der Waals surface area contributed by atoms with Gasteiger partial charge in [-0.2, -0.15) is 4.31 Å². The molecule has 0 atom stereocenters. The summed E-state index contributed by atoms with van der Waals surface area (Å²) in [6.45, 7) is 3.62. The van der Waals surface area contributed by atoms with Gasteiger partial charge in [0.2, 0.25) is 10.0 Å². The van der Waals surface area contributed by atoms with Gasteiger partial charge in [0.25, 0.3) is 0 Å². The van der Waals surface area contributed by atoms with Gasteiger partial charge in [0.05, 0.1) is 11.3 Å². The lowest BCUT2D eigenvalue weighted by Crippen LogP contribution is -2.48. The van der Waals surface area contributed by atoms with Gasteiger partial charge in [-0.3, -0.25) is 4.79 Å². The minimum Gasteiger partial charge on any atom is -0.481 e. The molecule has 0 bridgehead atoms. The van der Waals surface area contributed by atoms with Crippen LogP contribution < -0.4 is 4.90 Å². The maximum absolute atomic E-state index is 13.1. The number of aliphatic carboxylic acids is 1. The number of carbonyl (C=O) groups is 1. The van der Waals surface area contributed by atoms with E-state index in [9.17, 15) is 13.2 Å². The van der Waals surface area contributed by atoms with Crippen LogP contribution in [0.2, 0.25) is 5.02 Å². The van der Waals surface area contributed by atoms with Crippen molar-refractivity contribution >= 4 is 33.3 Å². The smallest absolute Gasteiger partial charge is 0.307 e. The first kappa shape index (κ1) is 19.7. The second kappa shape index (κ2) is 7.88. The Balaban J connectivity index is 1.77. The Morgan fingerprint density at radius 1 is 1.07 bits per heavy atom. The fourth-order valence-corrected chi connectivity index (χ4v) is 5.01. The quantitative estimate of drug-likeness (QED) is 0.823. The Labute approximate surface area is 164 Å². The van der Waals surface area contributed by atoms with Crippen molar-refractivity contribution in [2.75, 3.05) is 31.1 Å². The molecule has 8 heteroatoms. The lowest BCUT2D eigenvalue weighted by atomic mass is 10.1. The van der Waals surface area contributed by atoms with Crippen molar-refractivity contribution in [3.8, 4) is 0 Å². The molecule has 1 heterocycles. The van der Waals surface area contributed by atoms with Crippen LogP contribution in [0.4, 0.5) is 5.69 Å². The van der Waals surface area contributed by atoms with E-state index in [-0.39, 0.29) is 11.3 Å². The summed E-state index contributed by atoms with van der Waals surface area (Å²) in [6.07, 6.45) is -0.201. The standard InChI is InChI=1S/C19H21ClN2O4S/c1-14-2-3-15(13-19(23)24)12-18(14)27(25,26)22-10-8-21(9-11-22)17-6-4-16(20)5-7-17/h2-7,12H,8-11,13H2,1H3,(H,23,24). The van der Waals surface area contributed by atoms with Crippen LogP contribution in [0.1, 0.15) is 11.1 Å². The van der Waals surface area contributed by atoms with E-state index < -0.39 is 16.0 Å². The van der Waals surface area contributed by atoms with E-state index in [1.54, 1.807) is 19.1 Å². The molecule has 6 nitrogen and oxygen atoms in total. The Morgan fingerprint density at radius 3 is 2.30 bits per heavy atom. The largest absolute Gasteiger partial charge is 0.481 e. The molecule has 1 saturated heterocycles. The zero-order chi connectivity index (χ0) is 19.6. The lowest BCUT2D eigenvalue weighted by Gasteiger charge is -2.35. The second-order valence-corrected chi connectivity index (χ2v) is 8.88. The van der Waals surface area contributed by atoms with Gasteiger partial charge in [-0.25, -0.2) is 8.42 Å². The number of carboxylic acid groups (broad SMARTS) is 1. The van der Waals surface area contributed by atoms with Crippen LogP contribution in [0.15, 0.2) is 47.4 Å². The van der Waals surface area contributed by atoms with Gasteiger partial charge in [-0.1, -0.05) is 23.7 Å². The van der Waals surface area contributed by atoms with E-state index in [2.05, 4.69) is 4.90 Å². The van der Waals surface area contributed by atoms with Gasteiger partial charge in [-0.15, -0.1) is 0 Å². The summed E-state index contributed by atoms with van der Waals surface area (Å²) in [5, 5.41) is 9.62. The Morgan fingerprint density at radius 2 is 1.70 bits per heavy atom. The zero-order valence-corrected chi connectivity index (χ0v) is 16.5. The van der Waals surface area contributed by atoms with E-state index in [0.717, 1.165) is 5.69 Å². The molecule has 0 radical (unpaired) electrons. The van der Waals surface area contributed by atoms with E-state index >= 15 is 0 Å². The van der Waals surface area contributed by atoms with Crippen molar-refractivity contribution in [2.45, 2.75) is 18.2 Å². The molecule has 2 aromatic carbocycles. The second-order valence-electron chi connectivity index (χ2n) is 6.54. The fraction of sp³-hybridized carbons (Fsp3) is 0.316. The predicted molar refractivity (Wildman–Crippen MR) is 105 cm³/mol. The molecule has 0 spiro atoms. The first-order chi connectivity index (χ1) is 12.8. The number of anilines is 1. The number of aryl methyl sites for hydroxylation is 1. The van der Waals surface area contributed by atoms with Crippen molar-refractivity contribution in [3.05, 3.63) is 58.6 Å². The summed E-state index contributed by atoms with van der Waals surface area (Å²) in [7, 11) is -3.67. The molecule has 0 saturated carbocycles. The number of halogens is 1. The molecule has 1 fully saturated rings. The minimum absolute atomic E-state index is 0.182. The third-order valence-corrected chi connectivity index (χ3v) is 6.95. The first-order valence-electron chi connectivity index (χ1n) is 8.59. The van der Waals surface area contributed by atoms with Crippen LogP contribution in [0.25, 0.3) is 0 Å². The highest BCUT2D eigenvalue weighted by molar-refractivity contribution is 7.89. The Bertz CT molecular complexity index is 937. The van der Waals surface area contributed by atoms with Gasteiger partial charge >= 0.3 is 5.97 Å². The summed E-state index contributed by atoms with van der Waals surface area (Å²) in [6, 6.07) is 12.3. The van der Waals surface area contributed by atoms with Crippen molar-refractivity contribution < 1.29 is 18.3 Å². The molecule has 3 rings (SSSR count). The molecule has 0 aliphatic carbocycles. The van der Waals surface area contributed by atoms with Gasteiger partial charge in [0.1, 0.15) is 0 Å². The van der Waals surface area contributed by atoms with E-state index in [0.29, 0.717) is 42.3 Å². The highest BCUT2D eigenvalue weighted by atomic mass is 35.5. The number of nitrogens with zero attached hydrogens (tertiary/aromatic N) is 2. The minimum atomic E-state index is -3.67. The SMILES string of the molecule is Cc1ccc(CC(=O)O)cc1S(=O)(=O)N1CCN(c2ccc(Cl)cc2)CC1. The maximum atomic E-state index is 13.1. The molecule has 1 aliphatic heterocycles. The molecule has 144 valence electrons. The number of hydrogen-bond acceptors (Lipinski definition) is 4. The molecule has 1 N–H and O–H groups in total. The van der Waals surface area contributed by atoms with Crippen molar-refractivity contribution in [1.82, 2.24) is 4.31 Å². The van der Waals surface area contributed by atoms with Gasteiger partial charge < -0.3 is 10.0 Å². The molecule has 1 aliphatic rings. The average molecular weight is 409 g/mol. The van der Waals surface area contributed by atoms with Crippen LogP contribution in [0, 0.1) is 6.92 Å². The molecule has 0 unspecified atom stereocenters. The highest BCUT2D eigenvalue weighted by Gasteiger charge is 2.30. The number of sulfonamides is 1. The predicted octanol–water partition coefficient (Wildman–Crippen LogP) is 2.79. The van der Waals surface area contributed by atoms with E-state index in [4.69, 9.17) is 16.7 Å². The molecular weight excluding hydrogens is 388 g/mol. The summed E-state index contributed by atoms with van der Waals surface area (Å²) in [4.78, 5) is 13.2. The summed E-state index contributed by atoms with van der Waals surface area (Å²) in [5.74, 6) is -0.987. The van der Waals surface area contributed by atoms with Gasteiger partial charge in [0.15, 0.2) is 0 Å². The zero-order valence-electron chi connectivity index (χ0n) is 14.9. The van der Waals surface area contributed by atoms with Crippen LogP contribution in [-0.2, 0) is 21.2 Å². The van der Waals surface area contributed by atoms with Gasteiger partial charge in [0, 0.05) is 36.9 Å². The average Bonchev–Trinajstić information content (AvgIpc) is 2.63. The van der Waals surface area contributed by atoms with E-state index in [1.807, 2.05) is 24.3 Å². The third kappa shape index (κ3) is 4.43. The molecule has 0 aromatic heterocycles. The molecule has 2 aromatic rings. The number of piperazine rings is 1. The first-order valence-corrected chi connectivity index (χ1v) is 10.4. The number of rotatable bonds is 5. The topological polar surface area (TPSA) is 77.9 Å². The van der Waals surface area contributed by atoms with Crippen LogP contribution in [-0.4, -0.2) is 50.0 Å². The lowest BCUT2D eigenvalue weighted by molar-refractivity contribution is -0.136. The summed E-state index contributed by atoms with van der Waals surface area (Å²) in [5.41, 5.74) is 2.10. The molecule has 0 amide bonds. The number of hydrogen-bond donors (Lipinski definition) is 1. The van der Waals surface area contributed by atoms with Crippen LogP contribution in [0.5, 0.6) is 0 Å². The molecule has 27 heavy (non-hydrogen) atoms.